The van der Waals surface area contributed by atoms with Crippen LogP contribution in [0.25, 0.3) is 17.2 Å². The van der Waals surface area contributed by atoms with Gasteiger partial charge in [0, 0.05) is 0 Å². The standard InChI is InChI=1S/C17H14O2/c18-17(19)10-4-7-12-6-3-9-15-14-8-2-1-5-13(14)11-16(12)15/h1-9H,10-11H2,(H,18,19). The summed E-state index contributed by atoms with van der Waals surface area (Å²) in [5, 5.41) is 8.68. The molecule has 2 aromatic rings. The number of hydrogen-bond acceptors (Lipinski definition) is 1. The summed E-state index contributed by atoms with van der Waals surface area (Å²) in [6.07, 6.45) is 4.62. The van der Waals surface area contributed by atoms with Gasteiger partial charge in [-0.2, -0.15) is 0 Å². The molecular weight excluding hydrogens is 236 g/mol. The Bertz CT molecular complexity index is 669. The van der Waals surface area contributed by atoms with Gasteiger partial charge >= 0.3 is 5.97 Å². The van der Waals surface area contributed by atoms with Gasteiger partial charge in [-0.05, 0) is 34.2 Å². The van der Waals surface area contributed by atoms with E-state index in [1.807, 2.05) is 18.2 Å². The number of carbonyl (C=O) groups is 1. The van der Waals surface area contributed by atoms with E-state index in [1.165, 1.54) is 22.3 Å². The third-order valence-corrected chi connectivity index (χ3v) is 3.48. The largest absolute Gasteiger partial charge is 0.481 e. The van der Waals surface area contributed by atoms with E-state index in [1.54, 1.807) is 6.08 Å². The van der Waals surface area contributed by atoms with Crippen LogP contribution in [0.2, 0.25) is 0 Å². The Morgan fingerprint density at radius 3 is 2.74 bits per heavy atom. The highest BCUT2D eigenvalue weighted by Crippen LogP contribution is 2.38. The first kappa shape index (κ1) is 11.7. The van der Waals surface area contributed by atoms with Crippen LogP contribution >= 0.6 is 0 Å². The number of carboxylic acid groups (broad SMARTS) is 1. The Hall–Kier alpha value is -2.35. The number of rotatable bonds is 3. The maximum Gasteiger partial charge on any atom is 0.307 e. The lowest BCUT2D eigenvalue weighted by molar-refractivity contribution is -0.135. The summed E-state index contributed by atoms with van der Waals surface area (Å²) in [7, 11) is 0. The topological polar surface area (TPSA) is 37.3 Å². The second kappa shape index (κ2) is 4.73. The highest BCUT2D eigenvalue weighted by atomic mass is 16.4. The predicted molar refractivity (Wildman–Crippen MR) is 76.0 cm³/mol. The molecule has 1 aliphatic rings. The van der Waals surface area contributed by atoms with E-state index < -0.39 is 5.97 Å². The van der Waals surface area contributed by atoms with Crippen LogP contribution in [0.4, 0.5) is 0 Å². The zero-order valence-electron chi connectivity index (χ0n) is 10.5. The fraction of sp³-hybridized carbons (Fsp3) is 0.118. The lowest BCUT2D eigenvalue weighted by atomic mass is 10.0. The molecule has 0 radical (unpaired) electrons. The molecule has 2 heteroatoms. The van der Waals surface area contributed by atoms with Gasteiger partial charge in [-0.1, -0.05) is 54.6 Å². The van der Waals surface area contributed by atoms with Crippen molar-refractivity contribution in [2.24, 2.45) is 0 Å². The van der Waals surface area contributed by atoms with Crippen molar-refractivity contribution in [2.75, 3.05) is 0 Å². The van der Waals surface area contributed by atoms with Gasteiger partial charge in [0.1, 0.15) is 0 Å². The van der Waals surface area contributed by atoms with E-state index in [2.05, 4.69) is 30.3 Å². The molecule has 1 N–H and O–H groups in total. The smallest absolute Gasteiger partial charge is 0.307 e. The molecule has 0 aromatic heterocycles. The maximum absolute atomic E-state index is 10.6. The van der Waals surface area contributed by atoms with E-state index in [0.29, 0.717) is 0 Å². The molecule has 0 unspecified atom stereocenters. The summed E-state index contributed by atoms with van der Waals surface area (Å²) in [5.41, 5.74) is 6.33. The van der Waals surface area contributed by atoms with E-state index in [9.17, 15) is 4.79 Å². The molecule has 0 atom stereocenters. The van der Waals surface area contributed by atoms with Gasteiger partial charge in [-0.3, -0.25) is 4.79 Å². The molecule has 94 valence electrons. The van der Waals surface area contributed by atoms with Gasteiger partial charge in [0.2, 0.25) is 0 Å². The van der Waals surface area contributed by atoms with E-state index >= 15 is 0 Å². The first-order valence-electron chi connectivity index (χ1n) is 6.34. The van der Waals surface area contributed by atoms with Gasteiger partial charge in [0.05, 0.1) is 6.42 Å². The van der Waals surface area contributed by atoms with Crippen molar-refractivity contribution >= 4 is 12.0 Å². The molecule has 0 saturated carbocycles. The molecule has 3 rings (SSSR count). The summed E-state index contributed by atoms with van der Waals surface area (Å²) in [6, 6.07) is 14.6. The average Bonchev–Trinajstić information content (AvgIpc) is 2.78. The quantitative estimate of drug-likeness (QED) is 0.768. The summed E-state index contributed by atoms with van der Waals surface area (Å²) in [5.74, 6) is -0.799. The number of aliphatic carboxylic acids is 1. The van der Waals surface area contributed by atoms with Crippen molar-refractivity contribution in [3.05, 3.63) is 65.2 Å². The zero-order chi connectivity index (χ0) is 13.2. The number of hydrogen-bond donors (Lipinski definition) is 1. The Morgan fingerprint density at radius 1 is 1.11 bits per heavy atom. The van der Waals surface area contributed by atoms with Crippen LogP contribution in [0.15, 0.2) is 48.5 Å². The van der Waals surface area contributed by atoms with Crippen LogP contribution in [0.1, 0.15) is 23.1 Å². The SMILES string of the molecule is O=C(O)CC=Cc1cccc2c1Cc1ccccc1-2. The highest BCUT2D eigenvalue weighted by molar-refractivity contribution is 5.81. The van der Waals surface area contributed by atoms with Crippen LogP contribution in [0, 0.1) is 0 Å². The summed E-state index contributed by atoms with van der Waals surface area (Å²) in [6.45, 7) is 0. The molecule has 0 aliphatic heterocycles. The normalized spacial score (nSPS) is 12.4. The molecule has 0 bridgehead atoms. The molecule has 19 heavy (non-hydrogen) atoms. The van der Waals surface area contributed by atoms with Crippen LogP contribution in [0.3, 0.4) is 0 Å². The molecule has 2 aromatic carbocycles. The molecular formula is C17H14O2. The monoisotopic (exact) mass is 250 g/mol. The Kier molecular flexibility index (Phi) is 2.92. The minimum Gasteiger partial charge on any atom is -0.481 e. The molecule has 0 fully saturated rings. The van der Waals surface area contributed by atoms with Gasteiger partial charge in [-0.25, -0.2) is 0 Å². The Morgan fingerprint density at radius 2 is 1.89 bits per heavy atom. The molecule has 0 saturated heterocycles. The number of benzene rings is 2. The Labute approximate surface area is 112 Å². The molecule has 1 aliphatic carbocycles. The first-order chi connectivity index (χ1) is 9.25. The highest BCUT2D eigenvalue weighted by Gasteiger charge is 2.19. The van der Waals surface area contributed by atoms with Crippen molar-refractivity contribution in [1.82, 2.24) is 0 Å². The van der Waals surface area contributed by atoms with Gasteiger partial charge in [0.15, 0.2) is 0 Å². The van der Waals surface area contributed by atoms with Crippen molar-refractivity contribution in [1.29, 1.82) is 0 Å². The lowest BCUT2D eigenvalue weighted by Gasteiger charge is -2.04. The third kappa shape index (κ3) is 2.17. The Balaban J connectivity index is 1.99. The second-order valence-electron chi connectivity index (χ2n) is 4.71. The number of carboxylic acids is 1. The number of fused-ring (bicyclic) bond motifs is 3. The van der Waals surface area contributed by atoms with Gasteiger partial charge in [0.25, 0.3) is 0 Å². The molecule has 0 heterocycles. The molecule has 2 nitrogen and oxygen atoms in total. The van der Waals surface area contributed by atoms with Gasteiger partial charge < -0.3 is 5.11 Å². The van der Waals surface area contributed by atoms with Crippen molar-refractivity contribution in [3.63, 3.8) is 0 Å². The summed E-state index contributed by atoms with van der Waals surface area (Å²) in [4.78, 5) is 10.6. The minimum absolute atomic E-state index is 0.0661. The fourth-order valence-electron chi connectivity index (χ4n) is 2.62. The van der Waals surface area contributed by atoms with Crippen molar-refractivity contribution < 1.29 is 9.90 Å². The van der Waals surface area contributed by atoms with Crippen LogP contribution < -0.4 is 0 Å². The lowest BCUT2D eigenvalue weighted by Crippen LogP contribution is -1.90. The fourth-order valence-corrected chi connectivity index (χ4v) is 2.62. The van der Waals surface area contributed by atoms with E-state index in [0.717, 1.165) is 12.0 Å². The zero-order valence-corrected chi connectivity index (χ0v) is 10.5. The van der Waals surface area contributed by atoms with Crippen LogP contribution in [0.5, 0.6) is 0 Å². The summed E-state index contributed by atoms with van der Waals surface area (Å²) >= 11 is 0. The molecule has 0 spiro atoms. The summed E-state index contributed by atoms with van der Waals surface area (Å²) < 4.78 is 0. The third-order valence-electron chi connectivity index (χ3n) is 3.48. The second-order valence-corrected chi connectivity index (χ2v) is 4.71. The predicted octanol–water partition coefficient (Wildman–Crippen LogP) is 3.75. The van der Waals surface area contributed by atoms with Crippen LogP contribution in [-0.2, 0) is 11.2 Å². The van der Waals surface area contributed by atoms with E-state index in [-0.39, 0.29) is 6.42 Å². The van der Waals surface area contributed by atoms with E-state index in [4.69, 9.17) is 5.11 Å². The van der Waals surface area contributed by atoms with Gasteiger partial charge in [-0.15, -0.1) is 0 Å². The van der Waals surface area contributed by atoms with Crippen molar-refractivity contribution in [3.8, 4) is 11.1 Å². The minimum atomic E-state index is -0.799. The van der Waals surface area contributed by atoms with Crippen LogP contribution in [-0.4, -0.2) is 11.1 Å². The molecule has 0 amide bonds. The maximum atomic E-state index is 10.6. The first-order valence-corrected chi connectivity index (χ1v) is 6.34. The van der Waals surface area contributed by atoms with Crippen molar-refractivity contribution in [2.45, 2.75) is 12.8 Å². The average molecular weight is 250 g/mol.